The van der Waals surface area contributed by atoms with Gasteiger partial charge in [-0.3, -0.25) is 14.4 Å². The van der Waals surface area contributed by atoms with Gasteiger partial charge in [-0.15, -0.1) is 0 Å². The number of hydrogen-bond donors (Lipinski definition) is 0. The first-order chi connectivity index (χ1) is 14.3. The van der Waals surface area contributed by atoms with E-state index >= 15 is 0 Å². The Balaban J connectivity index is 1.79. The van der Waals surface area contributed by atoms with Crippen LogP contribution in [0, 0.1) is 5.41 Å². The van der Waals surface area contributed by atoms with Gasteiger partial charge >= 0.3 is 0 Å². The van der Waals surface area contributed by atoms with Crippen molar-refractivity contribution in [3.05, 3.63) is 92.9 Å². The van der Waals surface area contributed by atoms with Gasteiger partial charge in [-0.05, 0) is 17.0 Å². The van der Waals surface area contributed by atoms with E-state index in [-0.39, 0.29) is 34.1 Å². The number of ether oxygens (including phenoxy) is 1. The number of ketones is 3. The molecule has 0 saturated carbocycles. The summed E-state index contributed by atoms with van der Waals surface area (Å²) in [5, 5.41) is 0.444. The van der Waals surface area contributed by atoms with Gasteiger partial charge in [0, 0.05) is 34.6 Å². The lowest BCUT2D eigenvalue weighted by atomic mass is 9.67. The van der Waals surface area contributed by atoms with Gasteiger partial charge < -0.3 is 4.74 Å². The Morgan fingerprint density at radius 2 is 1.50 bits per heavy atom. The summed E-state index contributed by atoms with van der Waals surface area (Å²) in [6.45, 7) is 3.99. The van der Waals surface area contributed by atoms with Gasteiger partial charge in [-0.25, -0.2) is 0 Å². The van der Waals surface area contributed by atoms with Crippen molar-refractivity contribution in [2.75, 3.05) is 0 Å². The van der Waals surface area contributed by atoms with E-state index < -0.39 is 5.92 Å². The Bertz CT molecular complexity index is 1220. The monoisotopic (exact) mass is 418 g/mol. The maximum absolute atomic E-state index is 13.5. The second-order valence-electron chi connectivity index (χ2n) is 8.78. The van der Waals surface area contributed by atoms with Crippen molar-refractivity contribution in [1.29, 1.82) is 0 Å². The van der Waals surface area contributed by atoms with Crippen LogP contribution in [0.1, 0.15) is 58.9 Å². The number of benzene rings is 2. The van der Waals surface area contributed by atoms with Gasteiger partial charge in [0.25, 0.3) is 0 Å². The Labute approximate surface area is 179 Å². The minimum atomic E-state index is -0.717. The van der Waals surface area contributed by atoms with E-state index in [0.717, 1.165) is 0 Å². The summed E-state index contributed by atoms with van der Waals surface area (Å²) in [4.78, 5) is 40.1. The standard InChI is InChI=1S/C25H19ClO4/c1-25(2)11-17(27)20-18(12-25)30-24-21(19(20)15-9-5-6-10-16(15)26)22(28)13-7-3-4-8-14(13)23(24)29/h3-10,19H,11-12H2,1-2H3. The molecule has 5 rings (SSSR count). The summed E-state index contributed by atoms with van der Waals surface area (Å²) in [7, 11) is 0. The Morgan fingerprint density at radius 3 is 2.20 bits per heavy atom. The van der Waals surface area contributed by atoms with Crippen molar-refractivity contribution >= 4 is 29.0 Å². The molecular weight excluding hydrogens is 400 g/mol. The maximum Gasteiger partial charge on any atom is 0.229 e. The molecule has 0 N–H and O–H groups in total. The predicted octanol–water partition coefficient (Wildman–Crippen LogP) is 5.43. The van der Waals surface area contributed by atoms with Crippen LogP contribution < -0.4 is 0 Å². The minimum Gasteiger partial charge on any atom is -0.457 e. The molecule has 1 unspecified atom stereocenters. The molecule has 3 aliphatic rings. The van der Waals surface area contributed by atoms with Crippen LogP contribution in [-0.2, 0) is 9.53 Å². The average Bonchev–Trinajstić information content (AvgIpc) is 2.70. The third-order valence-electron chi connectivity index (χ3n) is 6.01. The molecule has 0 radical (unpaired) electrons. The van der Waals surface area contributed by atoms with Crippen molar-refractivity contribution in [2.45, 2.75) is 32.6 Å². The fourth-order valence-corrected chi connectivity index (χ4v) is 4.96. The molecule has 1 atom stereocenters. The van der Waals surface area contributed by atoms with Crippen molar-refractivity contribution in [2.24, 2.45) is 5.41 Å². The smallest absolute Gasteiger partial charge is 0.229 e. The molecule has 0 amide bonds. The normalized spacial score (nSPS) is 22.4. The van der Waals surface area contributed by atoms with Crippen LogP contribution in [0.4, 0.5) is 0 Å². The SMILES string of the molecule is CC1(C)CC(=O)C2=C(C1)OC1=C(C(=O)c3ccccc3C1=O)C2c1ccccc1Cl. The van der Waals surface area contributed by atoms with E-state index in [4.69, 9.17) is 16.3 Å². The highest BCUT2D eigenvalue weighted by Gasteiger charge is 2.48. The number of Topliss-reactive ketones (excluding diaryl/α,β-unsaturated/α-hetero) is 3. The van der Waals surface area contributed by atoms with Crippen molar-refractivity contribution in [3.63, 3.8) is 0 Å². The molecule has 150 valence electrons. The Hall–Kier alpha value is -2.98. The fourth-order valence-electron chi connectivity index (χ4n) is 4.71. The summed E-state index contributed by atoms with van der Waals surface area (Å²) in [6.07, 6.45) is 0.854. The lowest BCUT2D eigenvalue weighted by Gasteiger charge is -2.40. The van der Waals surface area contributed by atoms with E-state index in [2.05, 4.69) is 0 Å². The van der Waals surface area contributed by atoms with Gasteiger partial charge in [-0.2, -0.15) is 0 Å². The summed E-state index contributed by atoms with van der Waals surface area (Å²) in [5.41, 5.74) is 1.65. The molecule has 2 aliphatic carbocycles. The highest BCUT2D eigenvalue weighted by molar-refractivity contribution is 6.32. The molecule has 0 spiro atoms. The van der Waals surface area contributed by atoms with E-state index in [1.54, 1.807) is 42.5 Å². The van der Waals surface area contributed by atoms with Crippen molar-refractivity contribution in [1.82, 2.24) is 0 Å². The Morgan fingerprint density at radius 1 is 0.867 bits per heavy atom. The molecule has 2 aromatic rings. The number of fused-ring (bicyclic) bond motifs is 1. The largest absolute Gasteiger partial charge is 0.457 e. The number of carbonyl (C=O) groups is 3. The zero-order chi connectivity index (χ0) is 21.2. The molecular formula is C25H19ClO4. The average molecular weight is 419 g/mol. The second-order valence-corrected chi connectivity index (χ2v) is 9.19. The summed E-state index contributed by atoms with van der Waals surface area (Å²) in [6, 6.07) is 13.9. The molecule has 2 aromatic carbocycles. The van der Waals surface area contributed by atoms with Crippen LogP contribution in [0.25, 0.3) is 0 Å². The number of halogens is 1. The molecule has 0 bridgehead atoms. The van der Waals surface area contributed by atoms with E-state index in [1.807, 2.05) is 19.9 Å². The predicted molar refractivity (Wildman–Crippen MR) is 112 cm³/mol. The van der Waals surface area contributed by atoms with Crippen molar-refractivity contribution in [3.8, 4) is 0 Å². The molecule has 0 aromatic heterocycles. The maximum atomic E-state index is 13.5. The number of allylic oxidation sites excluding steroid dienone is 4. The second kappa shape index (κ2) is 6.51. The van der Waals surface area contributed by atoms with Crippen LogP contribution in [-0.4, -0.2) is 17.3 Å². The lowest BCUT2D eigenvalue weighted by Crippen LogP contribution is -2.37. The molecule has 1 aliphatic heterocycles. The molecule has 5 heteroatoms. The Kier molecular flexibility index (Phi) is 4.13. The topological polar surface area (TPSA) is 60.4 Å². The molecule has 0 saturated heterocycles. The third kappa shape index (κ3) is 2.71. The van der Waals surface area contributed by atoms with Gasteiger partial charge in [0.2, 0.25) is 5.78 Å². The van der Waals surface area contributed by atoms with E-state index in [0.29, 0.717) is 45.9 Å². The summed E-state index contributed by atoms with van der Waals surface area (Å²) < 4.78 is 6.06. The highest BCUT2D eigenvalue weighted by atomic mass is 35.5. The van der Waals surface area contributed by atoms with E-state index in [1.165, 1.54) is 0 Å². The van der Waals surface area contributed by atoms with Gasteiger partial charge in [0.15, 0.2) is 17.3 Å². The zero-order valence-corrected chi connectivity index (χ0v) is 17.4. The van der Waals surface area contributed by atoms with Gasteiger partial charge in [-0.1, -0.05) is 67.9 Å². The lowest BCUT2D eigenvalue weighted by molar-refractivity contribution is -0.119. The zero-order valence-electron chi connectivity index (χ0n) is 16.6. The molecule has 4 nitrogen and oxygen atoms in total. The molecule has 0 fully saturated rings. The minimum absolute atomic E-state index is 0.0212. The number of hydrogen-bond acceptors (Lipinski definition) is 4. The number of carbonyl (C=O) groups excluding carboxylic acids is 3. The van der Waals surface area contributed by atoms with Crippen LogP contribution in [0.15, 0.2) is 71.2 Å². The van der Waals surface area contributed by atoms with Gasteiger partial charge in [0.05, 0.1) is 11.5 Å². The quantitative estimate of drug-likeness (QED) is 0.619. The third-order valence-corrected chi connectivity index (χ3v) is 6.35. The fraction of sp³-hybridized carbons (Fsp3) is 0.240. The van der Waals surface area contributed by atoms with Crippen molar-refractivity contribution < 1.29 is 19.1 Å². The van der Waals surface area contributed by atoms with Crippen LogP contribution >= 0.6 is 11.6 Å². The first kappa shape index (κ1) is 19.0. The van der Waals surface area contributed by atoms with Gasteiger partial charge in [0.1, 0.15) is 5.76 Å². The summed E-state index contributed by atoms with van der Waals surface area (Å²) in [5.74, 6) is -0.926. The first-order valence-corrected chi connectivity index (χ1v) is 10.3. The molecule has 1 heterocycles. The number of rotatable bonds is 1. The van der Waals surface area contributed by atoms with Crippen LogP contribution in [0.2, 0.25) is 5.02 Å². The molecule has 30 heavy (non-hydrogen) atoms. The first-order valence-electron chi connectivity index (χ1n) is 9.89. The van der Waals surface area contributed by atoms with Crippen LogP contribution in [0.5, 0.6) is 0 Å². The van der Waals surface area contributed by atoms with Crippen LogP contribution in [0.3, 0.4) is 0 Å². The van der Waals surface area contributed by atoms with E-state index in [9.17, 15) is 14.4 Å². The summed E-state index contributed by atoms with van der Waals surface area (Å²) >= 11 is 6.51. The highest BCUT2D eigenvalue weighted by Crippen LogP contribution is 2.52.